The summed E-state index contributed by atoms with van der Waals surface area (Å²) in [5.41, 5.74) is 0.877. The number of hydrogen-bond acceptors (Lipinski definition) is 5. The topological polar surface area (TPSA) is 73.0 Å². The summed E-state index contributed by atoms with van der Waals surface area (Å²) in [6.07, 6.45) is 1.50. The van der Waals surface area contributed by atoms with E-state index >= 15 is 0 Å². The smallest absolute Gasteiger partial charge is 0.287 e. The molecular weight excluding hydrogens is 244 g/mol. The van der Waals surface area contributed by atoms with Crippen LogP contribution in [0.3, 0.4) is 0 Å². The minimum Gasteiger partial charge on any atom is -0.377 e. The van der Waals surface area contributed by atoms with E-state index in [1.807, 2.05) is 6.92 Å². The molecule has 2 rings (SSSR count). The van der Waals surface area contributed by atoms with Crippen LogP contribution in [0.4, 0.5) is 5.69 Å². The van der Waals surface area contributed by atoms with E-state index in [1.54, 1.807) is 13.1 Å². The second-order valence-corrected chi connectivity index (χ2v) is 3.96. The zero-order chi connectivity index (χ0) is 12.4. The largest absolute Gasteiger partial charge is 0.377 e. The van der Waals surface area contributed by atoms with E-state index in [9.17, 15) is 4.79 Å². The van der Waals surface area contributed by atoms with Crippen molar-refractivity contribution in [2.75, 3.05) is 5.32 Å². The van der Waals surface area contributed by atoms with Gasteiger partial charge in [0.1, 0.15) is 16.5 Å². The standard InChI is InChI=1S/C10H11ClN4O2/c1-6-3-7(14-17-6)4-12-8-5-13-15(2)10(16)9(8)11/h3,5,12H,4H2,1-2H3. The first kappa shape index (κ1) is 11.7. The van der Waals surface area contributed by atoms with Gasteiger partial charge in [-0.1, -0.05) is 16.8 Å². The SMILES string of the molecule is Cc1cc(CNc2cnn(C)c(=O)c2Cl)no1. The molecule has 0 aromatic carbocycles. The Morgan fingerprint density at radius 3 is 3.00 bits per heavy atom. The van der Waals surface area contributed by atoms with Gasteiger partial charge in [-0.25, -0.2) is 4.68 Å². The molecule has 0 fully saturated rings. The van der Waals surface area contributed by atoms with Crippen molar-refractivity contribution >= 4 is 17.3 Å². The Morgan fingerprint density at radius 2 is 2.35 bits per heavy atom. The molecule has 1 N–H and O–H groups in total. The van der Waals surface area contributed by atoms with Crippen molar-refractivity contribution in [3.8, 4) is 0 Å². The van der Waals surface area contributed by atoms with Crippen molar-refractivity contribution in [2.24, 2.45) is 7.05 Å². The molecule has 0 atom stereocenters. The Balaban J connectivity index is 2.15. The summed E-state index contributed by atoms with van der Waals surface area (Å²) in [7, 11) is 1.54. The predicted molar refractivity (Wildman–Crippen MR) is 63.1 cm³/mol. The predicted octanol–water partition coefficient (Wildman–Crippen LogP) is 1.34. The first-order valence-electron chi connectivity index (χ1n) is 4.96. The first-order valence-corrected chi connectivity index (χ1v) is 5.33. The molecule has 2 aromatic heterocycles. The molecule has 0 aliphatic heterocycles. The van der Waals surface area contributed by atoms with Crippen LogP contribution in [0.15, 0.2) is 21.6 Å². The van der Waals surface area contributed by atoms with Crippen LogP contribution < -0.4 is 10.9 Å². The Hall–Kier alpha value is -1.82. The highest BCUT2D eigenvalue weighted by atomic mass is 35.5. The van der Waals surface area contributed by atoms with Crippen LogP contribution in [0.1, 0.15) is 11.5 Å². The summed E-state index contributed by atoms with van der Waals surface area (Å²) in [6, 6.07) is 1.80. The molecular formula is C10H11ClN4O2. The second kappa shape index (κ2) is 4.58. The molecule has 2 heterocycles. The molecule has 0 radical (unpaired) electrons. The van der Waals surface area contributed by atoms with Crippen molar-refractivity contribution in [3.05, 3.63) is 39.1 Å². The van der Waals surface area contributed by atoms with Gasteiger partial charge in [0, 0.05) is 13.1 Å². The highest BCUT2D eigenvalue weighted by Gasteiger charge is 2.07. The molecule has 2 aromatic rings. The summed E-state index contributed by atoms with van der Waals surface area (Å²) in [4.78, 5) is 11.5. The maximum Gasteiger partial charge on any atom is 0.287 e. The van der Waals surface area contributed by atoms with Crippen LogP contribution in [-0.2, 0) is 13.6 Å². The van der Waals surface area contributed by atoms with Gasteiger partial charge in [0.05, 0.1) is 18.4 Å². The number of hydrogen-bond donors (Lipinski definition) is 1. The van der Waals surface area contributed by atoms with Crippen molar-refractivity contribution in [3.63, 3.8) is 0 Å². The lowest BCUT2D eigenvalue weighted by molar-refractivity contribution is 0.391. The number of rotatable bonds is 3. The quantitative estimate of drug-likeness (QED) is 0.895. The molecule has 0 saturated heterocycles. The molecule has 0 saturated carbocycles. The number of halogens is 1. The van der Waals surface area contributed by atoms with E-state index in [1.165, 1.54) is 10.9 Å². The third-order valence-electron chi connectivity index (χ3n) is 2.21. The minimum atomic E-state index is -0.340. The maximum absolute atomic E-state index is 11.5. The van der Waals surface area contributed by atoms with Crippen molar-refractivity contribution < 1.29 is 4.52 Å². The van der Waals surface area contributed by atoms with Gasteiger partial charge >= 0.3 is 0 Å². The van der Waals surface area contributed by atoms with Gasteiger partial charge in [0.25, 0.3) is 5.56 Å². The average molecular weight is 255 g/mol. The summed E-state index contributed by atoms with van der Waals surface area (Å²) in [5, 5.41) is 10.8. The van der Waals surface area contributed by atoms with Crippen LogP contribution in [-0.4, -0.2) is 14.9 Å². The van der Waals surface area contributed by atoms with Gasteiger partial charge in [-0.15, -0.1) is 0 Å². The van der Waals surface area contributed by atoms with E-state index in [0.717, 1.165) is 11.5 Å². The highest BCUT2D eigenvalue weighted by Crippen LogP contribution is 2.16. The Morgan fingerprint density at radius 1 is 1.59 bits per heavy atom. The lowest BCUT2D eigenvalue weighted by Crippen LogP contribution is -2.21. The third kappa shape index (κ3) is 2.47. The van der Waals surface area contributed by atoms with E-state index in [-0.39, 0.29) is 10.6 Å². The van der Waals surface area contributed by atoms with E-state index < -0.39 is 0 Å². The highest BCUT2D eigenvalue weighted by molar-refractivity contribution is 6.32. The number of nitrogens with zero attached hydrogens (tertiary/aromatic N) is 3. The molecule has 0 amide bonds. The number of anilines is 1. The van der Waals surface area contributed by atoms with Gasteiger partial charge in [-0.05, 0) is 6.92 Å². The molecule has 6 nitrogen and oxygen atoms in total. The van der Waals surface area contributed by atoms with Crippen molar-refractivity contribution in [2.45, 2.75) is 13.5 Å². The molecule has 0 spiro atoms. The molecule has 0 unspecified atom stereocenters. The van der Waals surface area contributed by atoms with Gasteiger partial charge in [-0.2, -0.15) is 5.10 Å². The summed E-state index contributed by atoms with van der Waals surface area (Å²) >= 11 is 5.89. The van der Waals surface area contributed by atoms with Crippen LogP contribution in [0.5, 0.6) is 0 Å². The van der Waals surface area contributed by atoms with E-state index in [4.69, 9.17) is 16.1 Å². The van der Waals surface area contributed by atoms with Crippen molar-refractivity contribution in [1.82, 2.24) is 14.9 Å². The van der Waals surface area contributed by atoms with Gasteiger partial charge in [0.2, 0.25) is 0 Å². The summed E-state index contributed by atoms with van der Waals surface area (Å²) < 4.78 is 6.10. The maximum atomic E-state index is 11.5. The Bertz CT molecular complexity index is 590. The van der Waals surface area contributed by atoms with Crippen LogP contribution in [0.2, 0.25) is 5.02 Å². The second-order valence-electron chi connectivity index (χ2n) is 3.58. The van der Waals surface area contributed by atoms with E-state index in [0.29, 0.717) is 12.2 Å². The lowest BCUT2D eigenvalue weighted by Gasteiger charge is -2.06. The normalized spacial score (nSPS) is 10.5. The van der Waals surface area contributed by atoms with Gasteiger partial charge < -0.3 is 9.84 Å². The molecule has 0 aliphatic rings. The van der Waals surface area contributed by atoms with Crippen LogP contribution >= 0.6 is 11.6 Å². The van der Waals surface area contributed by atoms with Gasteiger partial charge in [-0.3, -0.25) is 4.79 Å². The Kier molecular flexibility index (Phi) is 3.14. The van der Waals surface area contributed by atoms with Crippen LogP contribution in [0.25, 0.3) is 0 Å². The molecule has 17 heavy (non-hydrogen) atoms. The van der Waals surface area contributed by atoms with Crippen LogP contribution in [0, 0.1) is 6.92 Å². The number of aryl methyl sites for hydroxylation is 2. The first-order chi connectivity index (χ1) is 8.08. The lowest BCUT2D eigenvalue weighted by atomic mass is 10.3. The van der Waals surface area contributed by atoms with E-state index in [2.05, 4.69) is 15.6 Å². The fraction of sp³-hybridized carbons (Fsp3) is 0.300. The van der Waals surface area contributed by atoms with Crippen molar-refractivity contribution in [1.29, 1.82) is 0 Å². The average Bonchev–Trinajstić information content (AvgIpc) is 2.71. The fourth-order valence-electron chi connectivity index (χ4n) is 1.32. The zero-order valence-electron chi connectivity index (χ0n) is 9.40. The molecule has 90 valence electrons. The molecule has 7 heteroatoms. The minimum absolute atomic E-state index is 0.114. The Labute approximate surface area is 102 Å². The fourth-order valence-corrected chi connectivity index (χ4v) is 1.56. The number of nitrogens with one attached hydrogen (secondary N) is 1. The summed E-state index contributed by atoms with van der Waals surface area (Å²) in [6.45, 7) is 2.23. The van der Waals surface area contributed by atoms with Gasteiger partial charge in [0.15, 0.2) is 0 Å². The summed E-state index contributed by atoms with van der Waals surface area (Å²) in [5.74, 6) is 0.731. The zero-order valence-corrected chi connectivity index (χ0v) is 10.2. The monoisotopic (exact) mass is 254 g/mol. The number of aromatic nitrogens is 3. The molecule has 0 bridgehead atoms. The molecule has 0 aliphatic carbocycles. The third-order valence-corrected chi connectivity index (χ3v) is 2.58.